The zero-order chi connectivity index (χ0) is 16.4. The Hall–Kier alpha value is -1.74. The first kappa shape index (κ1) is 16.1. The molecule has 0 saturated heterocycles. The van der Waals surface area contributed by atoms with Crippen molar-refractivity contribution in [2.24, 2.45) is 0 Å². The Kier molecular flexibility index (Phi) is 4.49. The number of rotatable bonds is 4. The summed E-state index contributed by atoms with van der Waals surface area (Å²) in [6.07, 6.45) is 0.864. The SMILES string of the molecule is CONS(=O)(=O)c1ccc(C(=O)N2CCc3sccc3C2)cc1. The lowest BCUT2D eigenvalue weighted by molar-refractivity contribution is 0.0736. The van der Waals surface area contributed by atoms with Gasteiger partial charge >= 0.3 is 0 Å². The van der Waals surface area contributed by atoms with E-state index in [1.54, 1.807) is 16.2 Å². The van der Waals surface area contributed by atoms with E-state index in [-0.39, 0.29) is 10.8 Å². The van der Waals surface area contributed by atoms with Gasteiger partial charge in [0.05, 0.1) is 12.0 Å². The molecule has 2 heterocycles. The quantitative estimate of drug-likeness (QED) is 0.851. The van der Waals surface area contributed by atoms with Gasteiger partial charge in [-0.2, -0.15) is 0 Å². The molecule has 0 aliphatic carbocycles. The summed E-state index contributed by atoms with van der Waals surface area (Å²) >= 11 is 1.72. The number of sulfonamides is 1. The predicted octanol–water partition coefficient (Wildman–Crippen LogP) is 1.79. The molecule has 0 spiro atoms. The first-order valence-corrected chi connectivity index (χ1v) is 9.37. The third-order valence-corrected chi connectivity index (χ3v) is 6.00. The summed E-state index contributed by atoms with van der Waals surface area (Å²) in [6, 6.07) is 7.89. The molecule has 2 aromatic rings. The lowest BCUT2D eigenvalue weighted by atomic mass is 10.1. The van der Waals surface area contributed by atoms with Gasteiger partial charge in [0.2, 0.25) is 0 Å². The molecule has 1 aliphatic rings. The summed E-state index contributed by atoms with van der Waals surface area (Å²) in [5.41, 5.74) is 1.66. The minimum absolute atomic E-state index is 0.0506. The first-order valence-electron chi connectivity index (χ1n) is 7.00. The van der Waals surface area contributed by atoms with Crippen molar-refractivity contribution in [1.82, 2.24) is 9.79 Å². The lowest BCUT2D eigenvalue weighted by Gasteiger charge is -2.27. The van der Waals surface area contributed by atoms with Crippen molar-refractivity contribution in [3.63, 3.8) is 0 Å². The second-order valence-corrected chi connectivity index (χ2v) is 7.81. The molecule has 1 aromatic carbocycles. The van der Waals surface area contributed by atoms with Crippen LogP contribution in [0.15, 0.2) is 40.6 Å². The number of carbonyl (C=O) groups excluding carboxylic acids is 1. The second-order valence-electron chi connectivity index (χ2n) is 5.16. The molecule has 0 saturated carbocycles. The van der Waals surface area contributed by atoms with Crippen LogP contribution in [-0.2, 0) is 27.8 Å². The molecule has 0 fully saturated rings. The summed E-state index contributed by atoms with van der Waals surface area (Å²) in [5.74, 6) is -0.0921. The van der Waals surface area contributed by atoms with Crippen LogP contribution in [0.25, 0.3) is 0 Å². The zero-order valence-corrected chi connectivity index (χ0v) is 14.1. The van der Waals surface area contributed by atoms with Gasteiger partial charge in [-0.05, 0) is 47.7 Å². The van der Waals surface area contributed by atoms with E-state index >= 15 is 0 Å². The molecule has 0 unspecified atom stereocenters. The largest absolute Gasteiger partial charge is 0.334 e. The Morgan fingerprint density at radius 1 is 1.26 bits per heavy atom. The van der Waals surface area contributed by atoms with Crippen molar-refractivity contribution in [3.8, 4) is 0 Å². The van der Waals surface area contributed by atoms with E-state index in [0.717, 1.165) is 6.42 Å². The number of nitrogens with zero attached hydrogens (tertiary/aromatic N) is 1. The number of benzene rings is 1. The number of hydrogen-bond acceptors (Lipinski definition) is 5. The average molecular weight is 352 g/mol. The maximum absolute atomic E-state index is 12.6. The van der Waals surface area contributed by atoms with Gasteiger partial charge in [0.25, 0.3) is 15.9 Å². The van der Waals surface area contributed by atoms with Crippen LogP contribution < -0.4 is 4.89 Å². The molecule has 0 atom stereocenters. The highest BCUT2D eigenvalue weighted by atomic mass is 32.2. The highest BCUT2D eigenvalue weighted by Crippen LogP contribution is 2.25. The van der Waals surface area contributed by atoms with Gasteiger partial charge in [-0.15, -0.1) is 11.3 Å². The normalized spacial score (nSPS) is 14.6. The molecule has 122 valence electrons. The number of nitrogens with one attached hydrogen (secondary N) is 1. The maximum Gasteiger partial charge on any atom is 0.262 e. The van der Waals surface area contributed by atoms with Crippen molar-refractivity contribution < 1.29 is 18.0 Å². The average Bonchev–Trinajstić information content (AvgIpc) is 3.02. The Balaban J connectivity index is 1.76. The number of amides is 1. The van der Waals surface area contributed by atoms with Crippen molar-refractivity contribution in [2.45, 2.75) is 17.9 Å². The second kappa shape index (κ2) is 6.40. The summed E-state index contributed by atoms with van der Waals surface area (Å²) in [4.78, 5) is 22.1. The standard InChI is InChI=1S/C15H16N2O4S2/c1-21-16-23(19,20)13-4-2-11(3-5-13)15(18)17-8-6-14-12(10-17)7-9-22-14/h2-5,7,9,16H,6,8,10H2,1H3. The minimum atomic E-state index is -3.71. The molecular formula is C15H16N2O4S2. The van der Waals surface area contributed by atoms with Crippen LogP contribution in [0.4, 0.5) is 0 Å². The van der Waals surface area contributed by atoms with Gasteiger partial charge in [-0.3, -0.25) is 9.63 Å². The summed E-state index contributed by atoms with van der Waals surface area (Å²) in [5, 5.41) is 2.04. The van der Waals surface area contributed by atoms with Gasteiger partial charge in [0.1, 0.15) is 0 Å². The van der Waals surface area contributed by atoms with Crippen LogP contribution in [0.5, 0.6) is 0 Å². The van der Waals surface area contributed by atoms with E-state index in [1.807, 2.05) is 16.3 Å². The van der Waals surface area contributed by atoms with Gasteiger partial charge < -0.3 is 4.90 Å². The molecule has 1 aromatic heterocycles. The van der Waals surface area contributed by atoms with Gasteiger partial charge in [-0.25, -0.2) is 8.42 Å². The van der Waals surface area contributed by atoms with Crippen molar-refractivity contribution in [1.29, 1.82) is 0 Å². The van der Waals surface area contributed by atoms with Gasteiger partial charge in [0, 0.05) is 23.5 Å². The molecular weight excluding hydrogens is 336 g/mol. The fraction of sp³-hybridized carbons (Fsp3) is 0.267. The Morgan fingerprint density at radius 2 is 2.00 bits per heavy atom. The summed E-state index contributed by atoms with van der Waals surface area (Å²) < 4.78 is 23.6. The number of fused-ring (bicyclic) bond motifs is 1. The van der Waals surface area contributed by atoms with E-state index in [1.165, 1.54) is 41.8 Å². The molecule has 23 heavy (non-hydrogen) atoms. The highest BCUT2D eigenvalue weighted by Gasteiger charge is 2.23. The first-order chi connectivity index (χ1) is 11.0. The topological polar surface area (TPSA) is 75.7 Å². The number of hydrogen-bond donors (Lipinski definition) is 1. The molecule has 3 rings (SSSR count). The van der Waals surface area contributed by atoms with E-state index in [2.05, 4.69) is 4.84 Å². The molecule has 6 nitrogen and oxygen atoms in total. The van der Waals surface area contributed by atoms with Crippen LogP contribution in [0.2, 0.25) is 0 Å². The van der Waals surface area contributed by atoms with Gasteiger partial charge in [0.15, 0.2) is 0 Å². The molecule has 1 N–H and O–H groups in total. The maximum atomic E-state index is 12.6. The third-order valence-electron chi connectivity index (χ3n) is 3.70. The monoisotopic (exact) mass is 352 g/mol. The van der Waals surface area contributed by atoms with Crippen LogP contribution in [0.1, 0.15) is 20.8 Å². The van der Waals surface area contributed by atoms with Crippen molar-refractivity contribution >= 4 is 27.3 Å². The number of carbonyl (C=O) groups is 1. The summed E-state index contributed by atoms with van der Waals surface area (Å²) in [6.45, 7) is 1.28. The van der Waals surface area contributed by atoms with Crippen molar-refractivity contribution in [3.05, 3.63) is 51.7 Å². The third kappa shape index (κ3) is 3.30. The fourth-order valence-electron chi connectivity index (χ4n) is 2.54. The summed E-state index contributed by atoms with van der Waals surface area (Å²) in [7, 11) is -2.48. The Morgan fingerprint density at radius 3 is 2.70 bits per heavy atom. The molecule has 1 aliphatic heterocycles. The van der Waals surface area contributed by atoms with Crippen LogP contribution >= 0.6 is 11.3 Å². The zero-order valence-electron chi connectivity index (χ0n) is 12.5. The lowest BCUT2D eigenvalue weighted by Crippen LogP contribution is -2.35. The molecule has 8 heteroatoms. The molecule has 0 radical (unpaired) electrons. The fourth-order valence-corrected chi connectivity index (χ4v) is 4.24. The minimum Gasteiger partial charge on any atom is -0.334 e. The van der Waals surface area contributed by atoms with Crippen LogP contribution in [0.3, 0.4) is 0 Å². The van der Waals surface area contributed by atoms with E-state index < -0.39 is 10.0 Å². The van der Waals surface area contributed by atoms with Crippen LogP contribution in [-0.4, -0.2) is 32.9 Å². The van der Waals surface area contributed by atoms with Crippen molar-refractivity contribution in [2.75, 3.05) is 13.7 Å². The smallest absolute Gasteiger partial charge is 0.262 e. The van der Waals surface area contributed by atoms with Crippen LogP contribution in [0, 0.1) is 0 Å². The number of thiophene rings is 1. The predicted molar refractivity (Wildman–Crippen MR) is 86.5 cm³/mol. The Labute approximate surface area is 138 Å². The van der Waals surface area contributed by atoms with E-state index in [4.69, 9.17) is 0 Å². The van der Waals surface area contributed by atoms with E-state index in [9.17, 15) is 13.2 Å². The highest BCUT2D eigenvalue weighted by molar-refractivity contribution is 7.89. The van der Waals surface area contributed by atoms with Gasteiger partial charge in [-0.1, -0.05) is 4.89 Å². The Bertz CT molecular complexity index is 812. The van der Waals surface area contributed by atoms with E-state index in [0.29, 0.717) is 18.7 Å². The molecule has 0 bridgehead atoms. The molecule has 1 amide bonds.